The summed E-state index contributed by atoms with van der Waals surface area (Å²) in [6.45, 7) is 0. The van der Waals surface area contributed by atoms with Crippen LogP contribution in [0.5, 0.6) is 0 Å². The second-order valence-electron chi connectivity index (χ2n) is 4.64. The van der Waals surface area contributed by atoms with Crippen LogP contribution in [0.2, 0.25) is 0 Å². The summed E-state index contributed by atoms with van der Waals surface area (Å²) < 4.78 is 22.7. The maximum atomic E-state index is 11.3. The number of hydrogen-bond acceptors (Lipinski definition) is 6. The molecule has 0 atom stereocenters. The summed E-state index contributed by atoms with van der Waals surface area (Å²) in [4.78, 5) is 10.5. The molecule has 1 aromatic carbocycles. The fourth-order valence-corrected chi connectivity index (χ4v) is 3.69. The van der Waals surface area contributed by atoms with Crippen molar-refractivity contribution >= 4 is 21.2 Å². The molecule has 0 aliphatic carbocycles. The Morgan fingerprint density at radius 1 is 1.35 bits per heavy atom. The minimum atomic E-state index is -2.97. The van der Waals surface area contributed by atoms with Gasteiger partial charge in [-0.15, -0.1) is 0 Å². The number of nitrogens with zero attached hydrogens (tertiary/aromatic N) is 2. The van der Waals surface area contributed by atoms with E-state index >= 15 is 0 Å². The van der Waals surface area contributed by atoms with Gasteiger partial charge >= 0.3 is 5.69 Å². The minimum Gasteiger partial charge on any atom is -0.377 e. The van der Waals surface area contributed by atoms with Gasteiger partial charge in [-0.1, -0.05) is 6.07 Å². The predicted octanol–water partition coefficient (Wildman–Crippen LogP) is 1.46. The van der Waals surface area contributed by atoms with Crippen LogP contribution >= 0.6 is 0 Å². The van der Waals surface area contributed by atoms with Gasteiger partial charge in [0.05, 0.1) is 16.4 Å². The van der Waals surface area contributed by atoms with Crippen molar-refractivity contribution < 1.29 is 13.3 Å². The van der Waals surface area contributed by atoms with Crippen molar-refractivity contribution in [2.45, 2.75) is 18.9 Å². The van der Waals surface area contributed by atoms with E-state index in [1.54, 1.807) is 12.1 Å². The first kappa shape index (κ1) is 14.3. The molecule has 2 rings (SSSR count). The van der Waals surface area contributed by atoms with Crippen LogP contribution in [0.4, 0.5) is 11.4 Å². The summed E-state index contributed by atoms with van der Waals surface area (Å²) in [6.07, 6.45) is 0.826. The molecule has 0 saturated carbocycles. The van der Waals surface area contributed by atoms with E-state index in [1.165, 1.54) is 12.1 Å². The van der Waals surface area contributed by atoms with Crippen molar-refractivity contribution in [3.05, 3.63) is 33.9 Å². The molecule has 0 unspecified atom stereocenters. The Morgan fingerprint density at radius 3 is 2.55 bits per heavy atom. The van der Waals surface area contributed by atoms with Crippen LogP contribution in [0.15, 0.2) is 18.2 Å². The van der Waals surface area contributed by atoms with E-state index in [0.29, 0.717) is 12.8 Å². The highest BCUT2D eigenvalue weighted by Crippen LogP contribution is 2.30. The summed E-state index contributed by atoms with van der Waals surface area (Å²) in [5.74, 6) is 0.160. The zero-order chi connectivity index (χ0) is 14.8. The first-order valence-corrected chi connectivity index (χ1v) is 7.89. The fraction of sp³-hybridized carbons (Fsp3) is 0.417. The molecule has 0 spiro atoms. The zero-order valence-electron chi connectivity index (χ0n) is 10.6. The number of benzene rings is 1. The van der Waals surface area contributed by atoms with Gasteiger partial charge in [0.25, 0.3) is 0 Å². The number of anilines is 1. The van der Waals surface area contributed by atoms with E-state index in [9.17, 15) is 18.5 Å². The molecule has 1 heterocycles. The average molecular weight is 295 g/mol. The third kappa shape index (κ3) is 3.05. The van der Waals surface area contributed by atoms with E-state index in [4.69, 9.17) is 5.26 Å². The molecular weight excluding hydrogens is 282 g/mol. The Balaban J connectivity index is 2.23. The Labute approximate surface area is 116 Å². The lowest BCUT2D eigenvalue weighted by atomic mass is 10.1. The van der Waals surface area contributed by atoms with E-state index < -0.39 is 14.8 Å². The van der Waals surface area contributed by atoms with Crippen molar-refractivity contribution in [1.29, 1.82) is 5.26 Å². The largest absolute Gasteiger partial charge is 0.377 e. The Morgan fingerprint density at radius 2 is 2.00 bits per heavy atom. The molecule has 0 bridgehead atoms. The summed E-state index contributed by atoms with van der Waals surface area (Å²) in [6, 6.07) is 6.13. The SMILES string of the molecule is N#Cc1cccc(NC2CCS(=O)(=O)CC2)c1[N+](=O)[O-]. The molecule has 0 amide bonds. The molecule has 1 fully saturated rings. The second kappa shape index (κ2) is 5.46. The van der Waals surface area contributed by atoms with Gasteiger partial charge in [0.1, 0.15) is 27.2 Å². The van der Waals surface area contributed by atoms with Gasteiger partial charge in [-0.2, -0.15) is 5.26 Å². The predicted molar refractivity (Wildman–Crippen MR) is 73.1 cm³/mol. The highest BCUT2D eigenvalue weighted by atomic mass is 32.2. The molecule has 7 nitrogen and oxygen atoms in total. The third-order valence-corrected chi connectivity index (χ3v) is 4.97. The summed E-state index contributed by atoms with van der Waals surface area (Å²) in [5, 5.41) is 23.0. The number of sulfone groups is 1. The van der Waals surface area contributed by atoms with Crippen LogP contribution in [-0.4, -0.2) is 30.9 Å². The first-order chi connectivity index (χ1) is 9.43. The molecule has 0 aromatic heterocycles. The molecule has 1 aliphatic heterocycles. The van der Waals surface area contributed by atoms with Crippen LogP contribution in [0, 0.1) is 21.4 Å². The van der Waals surface area contributed by atoms with Gasteiger partial charge in [-0.3, -0.25) is 10.1 Å². The van der Waals surface area contributed by atoms with Crippen molar-refractivity contribution in [2.75, 3.05) is 16.8 Å². The van der Waals surface area contributed by atoms with Crippen molar-refractivity contribution in [1.82, 2.24) is 0 Å². The smallest absolute Gasteiger partial charge is 0.309 e. The van der Waals surface area contributed by atoms with Crippen LogP contribution < -0.4 is 5.32 Å². The maximum Gasteiger partial charge on any atom is 0.309 e. The topological polar surface area (TPSA) is 113 Å². The number of hydrogen-bond donors (Lipinski definition) is 1. The standard InChI is InChI=1S/C12H13N3O4S/c13-8-9-2-1-3-11(12(9)15(16)17)14-10-4-6-20(18,19)7-5-10/h1-3,10,14H,4-7H2. The van der Waals surface area contributed by atoms with E-state index in [0.717, 1.165) is 0 Å². The van der Waals surface area contributed by atoms with Crippen molar-refractivity contribution in [2.24, 2.45) is 0 Å². The lowest BCUT2D eigenvalue weighted by molar-refractivity contribution is -0.384. The summed E-state index contributed by atoms with van der Waals surface area (Å²) >= 11 is 0. The Bertz CT molecular complexity index is 664. The molecule has 1 saturated heterocycles. The number of nitrogens with one attached hydrogen (secondary N) is 1. The molecule has 106 valence electrons. The summed E-state index contributed by atoms with van der Waals surface area (Å²) in [5.41, 5.74) is -0.00907. The molecule has 1 N–H and O–H groups in total. The maximum absolute atomic E-state index is 11.3. The summed E-state index contributed by atoms with van der Waals surface area (Å²) in [7, 11) is -2.97. The minimum absolute atomic E-state index is 0.0107. The molecule has 1 aliphatic rings. The van der Waals surface area contributed by atoms with Gasteiger partial charge < -0.3 is 5.32 Å². The van der Waals surface area contributed by atoms with Crippen LogP contribution in [-0.2, 0) is 9.84 Å². The fourth-order valence-electron chi connectivity index (χ4n) is 2.20. The van der Waals surface area contributed by atoms with Crippen LogP contribution in [0.1, 0.15) is 18.4 Å². The first-order valence-electron chi connectivity index (χ1n) is 6.07. The van der Waals surface area contributed by atoms with Crippen molar-refractivity contribution in [3.8, 4) is 6.07 Å². The number of nitriles is 1. The Hall–Kier alpha value is -2.14. The number of rotatable bonds is 3. The molecule has 8 heteroatoms. The van der Waals surface area contributed by atoms with Crippen LogP contribution in [0.25, 0.3) is 0 Å². The molecule has 1 aromatic rings. The van der Waals surface area contributed by atoms with Gasteiger partial charge in [-0.05, 0) is 25.0 Å². The van der Waals surface area contributed by atoms with E-state index in [-0.39, 0.29) is 34.5 Å². The number of nitro groups is 1. The van der Waals surface area contributed by atoms with Gasteiger partial charge in [0.15, 0.2) is 0 Å². The Kier molecular flexibility index (Phi) is 3.90. The number of para-hydroxylation sites is 1. The highest BCUT2D eigenvalue weighted by Gasteiger charge is 2.26. The number of nitro benzene ring substituents is 1. The molecular formula is C12H13N3O4S. The van der Waals surface area contributed by atoms with E-state index in [1.807, 2.05) is 0 Å². The second-order valence-corrected chi connectivity index (χ2v) is 6.94. The highest BCUT2D eigenvalue weighted by molar-refractivity contribution is 7.91. The lowest BCUT2D eigenvalue weighted by Gasteiger charge is -2.23. The normalized spacial score (nSPS) is 18.1. The quantitative estimate of drug-likeness (QED) is 0.667. The average Bonchev–Trinajstić information content (AvgIpc) is 2.40. The molecule has 0 radical (unpaired) electrons. The lowest BCUT2D eigenvalue weighted by Crippen LogP contribution is -2.32. The third-order valence-electron chi connectivity index (χ3n) is 3.25. The van der Waals surface area contributed by atoms with Crippen LogP contribution in [0.3, 0.4) is 0 Å². The van der Waals surface area contributed by atoms with Gasteiger partial charge in [-0.25, -0.2) is 8.42 Å². The monoisotopic (exact) mass is 295 g/mol. The van der Waals surface area contributed by atoms with Gasteiger partial charge in [0.2, 0.25) is 0 Å². The van der Waals surface area contributed by atoms with E-state index in [2.05, 4.69) is 5.32 Å². The van der Waals surface area contributed by atoms with Gasteiger partial charge in [0, 0.05) is 6.04 Å². The zero-order valence-corrected chi connectivity index (χ0v) is 11.4. The molecule has 20 heavy (non-hydrogen) atoms. The van der Waals surface area contributed by atoms with Crippen molar-refractivity contribution in [3.63, 3.8) is 0 Å².